The van der Waals surface area contributed by atoms with Gasteiger partial charge in [0.05, 0.1) is 10.9 Å². The standard InChI is InChI=1S/C12H14N2O4S/c15-12-13-8-4-5-10(9-13)14(12)18-19(16,17)11-6-2-1-3-7-11/h1-3,6-7,10H,4-5,8-9H2. The number of hydrogen-bond acceptors (Lipinski definition) is 4. The van der Waals surface area contributed by atoms with E-state index >= 15 is 0 Å². The molecule has 102 valence electrons. The predicted molar refractivity (Wildman–Crippen MR) is 66.5 cm³/mol. The van der Waals surface area contributed by atoms with E-state index in [2.05, 4.69) is 0 Å². The maximum atomic E-state index is 12.1. The molecule has 2 bridgehead atoms. The maximum absolute atomic E-state index is 12.1. The van der Waals surface area contributed by atoms with Crippen LogP contribution in [0.15, 0.2) is 35.2 Å². The van der Waals surface area contributed by atoms with Crippen LogP contribution in [0.4, 0.5) is 4.79 Å². The Balaban J connectivity index is 1.84. The molecule has 0 radical (unpaired) electrons. The third-order valence-electron chi connectivity index (χ3n) is 3.40. The molecule has 0 spiro atoms. The van der Waals surface area contributed by atoms with Crippen LogP contribution < -0.4 is 0 Å². The van der Waals surface area contributed by atoms with Crippen molar-refractivity contribution in [3.05, 3.63) is 30.3 Å². The summed E-state index contributed by atoms with van der Waals surface area (Å²) in [5, 5.41) is 1.01. The molecule has 0 saturated carbocycles. The minimum atomic E-state index is -3.94. The molecule has 1 aromatic rings. The summed E-state index contributed by atoms with van der Waals surface area (Å²) in [4.78, 5) is 13.6. The first kappa shape index (κ1) is 12.4. The van der Waals surface area contributed by atoms with Gasteiger partial charge >= 0.3 is 16.1 Å². The van der Waals surface area contributed by atoms with E-state index in [1.54, 1.807) is 23.1 Å². The van der Waals surface area contributed by atoms with Crippen LogP contribution in [0.2, 0.25) is 0 Å². The summed E-state index contributed by atoms with van der Waals surface area (Å²) in [5.74, 6) is 0. The SMILES string of the molecule is O=C1N2CCCC(C2)N1OS(=O)(=O)c1ccccc1. The first-order valence-corrected chi connectivity index (χ1v) is 7.56. The molecule has 2 amide bonds. The maximum Gasteiger partial charge on any atom is 0.345 e. The Morgan fingerprint density at radius 3 is 2.63 bits per heavy atom. The Morgan fingerprint density at radius 1 is 1.21 bits per heavy atom. The van der Waals surface area contributed by atoms with Crippen LogP contribution in [0, 0.1) is 0 Å². The van der Waals surface area contributed by atoms with Gasteiger partial charge in [-0.1, -0.05) is 18.2 Å². The number of urea groups is 1. The lowest BCUT2D eigenvalue weighted by atomic mass is 10.1. The van der Waals surface area contributed by atoms with Crippen LogP contribution in [-0.4, -0.2) is 43.5 Å². The largest absolute Gasteiger partial charge is 0.345 e. The van der Waals surface area contributed by atoms with Crippen LogP contribution in [0.5, 0.6) is 0 Å². The van der Waals surface area contributed by atoms with Crippen molar-refractivity contribution in [2.45, 2.75) is 23.8 Å². The summed E-state index contributed by atoms with van der Waals surface area (Å²) in [7, 11) is -3.94. The van der Waals surface area contributed by atoms with Gasteiger partial charge in [0.1, 0.15) is 0 Å². The zero-order valence-corrected chi connectivity index (χ0v) is 11.0. The van der Waals surface area contributed by atoms with Gasteiger partial charge in [0.15, 0.2) is 0 Å². The van der Waals surface area contributed by atoms with Gasteiger partial charge in [-0.15, -0.1) is 4.28 Å². The van der Waals surface area contributed by atoms with Crippen molar-refractivity contribution in [3.63, 3.8) is 0 Å². The van der Waals surface area contributed by atoms with Gasteiger partial charge in [0.25, 0.3) is 0 Å². The van der Waals surface area contributed by atoms with Crippen molar-refractivity contribution in [1.29, 1.82) is 0 Å². The predicted octanol–water partition coefficient (Wildman–Crippen LogP) is 1.21. The first-order valence-electron chi connectivity index (χ1n) is 6.16. The number of rotatable bonds is 3. The molecule has 0 aliphatic carbocycles. The van der Waals surface area contributed by atoms with E-state index in [9.17, 15) is 13.2 Å². The number of hydroxylamine groups is 2. The molecule has 19 heavy (non-hydrogen) atoms. The topological polar surface area (TPSA) is 66.9 Å². The van der Waals surface area contributed by atoms with E-state index in [4.69, 9.17) is 4.28 Å². The van der Waals surface area contributed by atoms with E-state index < -0.39 is 10.1 Å². The molecule has 7 heteroatoms. The molecule has 2 fully saturated rings. The third-order valence-corrected chi connectivity index (χ3v) is 4.60. The summed E-state index contributed by atoms with van der Waals surface area (Å²) < 4.78 is 29.2. The Hall–Kier alpha value is -1.60. The molecule has 1 unspecified atom stereocenters. The Labute approximate surface area is 111 Å². The van der Waals surface area contributed by atoms with Gasteiger partial charge < -0.3 is 4.90 Å². The van der Waals surface area contributed by atoms with Crippen LogP contribution in [0.25, 0.3) is 0 Å². The van der Waals surface area contributed by atoms with Crippen molar-refractivity contribution in [2.24, 2.45) is 0 Å². The molecule has 6 nitrogen and oxygen atoms in total. The molecular formula is C12H14N2O4S. The number of fused-ring (bicyclic) bond motifs is 2. The normalized spacial score (nSPS) is 22.9. The average Bonchev–Trinajstić information content (AvgIpc) is 2.63. The van der Waals surface area contributed by atoms with E-state index in [0.29, 0.717) is 13.1 Å². The van der Waals surface area contributed by atoms with Crippen LogP contribution in [0.3, 0.4) is 0 Å². The smallest absolute Gasteiger partial charge is 0.321 e. The fourth-order valence-corrected chi connectivity index (χ4v) is 3.42. The van der Waals surface area contributed by atoms with Gasteiger partial charge in [-0.3, -0.25) is 0 Å². The molecule has 2 heterocycles. The Morgan fingerprint density at radius 2 is 1.95 bits per heavy atom. The molecule has 2 aliphatic rings. The summed E-state index contributed by atoms with van der Waals surface area (Å²) >= 11 is 0. The second kappa shape index (κ2) is 4.50. The highest BCUT2D eigenvalue weighted by molar-refractivity contribution is 7.86. The Kier molecular flexibility index (Phi) is 2.94. The summed E-state index contributed by atoms with van der Waals surface area (Å²) in [6.45, 7) is 1.21. The number of carbonyl (C=O) groups is 1. The number of piperidine rings is 1. The van der Waals surface area contributed by atoms with Crippen molar-refractivity contribution < 1.29 is 17.5 Å². The van der Waals surface area contributed by atoms with Crippen LogP contribution in [-0.2, 0) is 14.4 Å². The van der Waals surface area contributed by atoms with E-state index in [1.807, 2.05) is 0 Å². The van der Waals surface area contributed by atoms with Gasteiger partial charge in [-0.2, -0.15) is 13.5 Å². The van der Waals surface area contributed by atoms with Crippen molar-refractivity contribution in [1.82, 2.24) is 9.96 Å². The molecule has 0 N–H and O–H groups in total. The minimum Gasteiger partial charge on any atom is -0.321 e. The molecule has 1 atom stereocenters. The fraction of sp³-hybridized carbons (Fsp3) is 0.417. The van der Waals surface area contributed by atoms with Gasteiger partial charge in [0, 0.05) is 13.1 Å². The zero-order valence-electron chi connectivity index (χ0n) is 10.2. The number of amides is 2. The van der Waals surface area contributed by atoms with Crippen LogP contribution in [0.1, 0.15) is 12.8 Å². The highest BCUT2D eigenvalue weighted by Gasteiger charge is 2.43. The van der Waals surface area contributed by atoms with Gasteiger partial charge in [0.2, 0.25) is 0 Å². The van der Waals surface area contributed by atoms with Gasteiger partial charge in [-0.05, 0) is 25.0 Å². The minimum absolute atomic E-state index is 0.0549. The van der Waals surface area contributed by atoms with E-state index in [0.717, 1.165) is 17.9 Å². The number of benzene rings is 1. The van der Waals surface area contributed by atoms with E-state index in [-0.39, 0.29) is 17.0 Å². The lowest BCUT2D eigenvalue weighted by Gasteiger charge is -2.21. The molecule has 0 aromatic heterocycles. The fourth-order valence-electron chi connectivity index (χ4n) is 2.44. The second-order valence-electron chi connectivity index (χ2n) is 4.69. The Bertz CT molecular complexity index is 587. The highest BCUT2D eigenvalue weighted by Crippen LogP contribution is 2.27. The van der Waals surface area contributed by atoms with E-state index in [1.165, 1.54) is 12.1 Å². The average molecular weight is 282 g/mol. The summed E-state index contributed by atoms with van der Waals surface area (Å²) in [5.41, 5.74) is 0. The van der Waals surface area contributed by atoms with Gasteiger partial charge in [-0.25, -0.2) is 4.79 Å². The number of carbonyl (C=O) groups excluding carboxylic acids is 1. The van der Waals surface area contributed by atoms with Crippen molar-refractivity contribution >= 4 is 16.1 Å². The molecule has 2 saturated heterocycles. The summed E-state index contributed by atoms with van der Waals surface area (Å²) in [6, 6.07) is 7.32. The zero-order chi connectivity index (χ0) is 13.5. The highest BCUT2D eigenvalue weighted by atomic mass is 32.2. The first-order chi connectivity index (χ1) is 9.08. The van der Waals surface area contributed by atoms with Crippen molar-refractivity contribution in [3.8, 4) is 0 Å². The lowest BCUT2D eigenvalue weighted by Crippen LogP contribution is -2.35. The molecular weight excluding hydrogens is 268 g/mol. The summed E-state index contributed by atoms with van der Waals surface area (Å²) in [6.07, 6.45) is 1.65. The van der Waals surface area contributed by atoms with Crippen molar-refractivity contribution in [2.75, 3.05) is 13.1 Å². The molecule has 2 aliphatic heterocycles. The number of hydrogen-bond donors (Lipinski definition) is 0. The second-order valence-corrected chi connectivity index (χ2v) is 6.22. The monoisotopic (exact) mass is 282 g/mol. The number of nitrogens with zero attached hydrogens (tertiary/aromatic N) is 2. The third kappa shape index (κ3) is 2.19. The lowest BCUT2D eigenvalue weighted by molar-refractivity contribution is -0.0214. The molecule has 3 rings (SSSR count). The quantitative estimate of drug-likeness (QED) is 0.835. The molecule has 1 aromatic carbocycles. The van der Waals surface area contributed by atoms with Crippen LogP contribution >= 0.6 is 0 Å².